The van der Waals surface area contributed by atoms with Gasteiger partial charge in [-0.1, -0.05) is 78.9 Å². The molecule has 0 aromatic heterocycles. The predicted molar refractivity (Wildman–Crippen MR) is 139 cm³/mol. The molecular weight excluding hydrogens is 420 g/mol. The first-order valence-electron chi connectivity index (χ1n) is 12.5. The topological polar surface area (TPSA) is 6.48 Å². The van der Waals surface area contributed by atoms with Crippen LogP contribution in [0, 0.1) is 5.92 Å². The second-order valence-electron chi connectivity index (χ2n) is 10.3. The molecule has 3 aliphatic heterocycles. The molecule has 3 aromatic rings. The van der Waals surface area contributed by atoms with E-state index in [9.17, 15) is 0 Å². The summed E-state index contributed by atoms with van der Waals surface area (Å²) in [5, 5.41) is 0. The highest BCUT2D eigenvalue weighted by Gasteiger charge is 2.42. The molecule has 3 aliphatic rings. The van der Waals surface area contributed by atoms with Gasteiger partial charge < -0.3 is 4.90 Å². The van der Waals surface area contributed by atoms with E-state index in [4.69, 9.17) is 0 Å². The molecular formula is C30H34N2S. The van der Waals surface area contributed by atoms with E-state index in [1.807, 2.05) is 0 Å². The predicted octanol–water partition coefficient (Wildman–Crippen LogP) is 6.04. The molecule has 1 spiro atoms. The lowest BCUT2D eigenvalue weighted by atomic mass is 9.74. The summed E-state index contributed by atoms with van der Waals surface area (Å²) >= 11 is 2.08. The highest BCUT2D eigenvalue weighted by Crippen LogP contribution is 2.49. The molecule has 2 fully saturated rings. The van der Waals surface area contributed by atoms with Gasteiger partial charge in [-0.05, 0) is 54.6 Å². The van der Waals surface area contributed by atoms with Gasteiger partial charge in [-0.3, -0.25) is 4.90 Å². The van der Waals surface area contributed by atoms with Crippen molar-refractivity contribution in [2.24, 2.45) is 5.92 Å². The molecule has 2 saturated heterocycles. The first-order chi connectivity index (χ1) is 16.3. The van der Waals surface area contributed by atoms with Crippen LogP contribution in [0.25, 0.3) is 0 Å². The third-order valence-corrected chi connectivity index (χ3v) is 9.63. The van der Waals surface area contributed by atoms with Gasteiger partial charge in [0.25, 0.3) is 0 Å². The second kappa shape index (κ2) is 9.29. The summed E-state index contributed by atoms with van der Waals surface area (Å²) < 4.78 is 0. The smallest absolute Gasteiger partial charge is 0.0234 e. The molecule has 3 heterocycles. The third kappa shape index (κ3) is 4.39. The largest absolute Gasteiger partial charge is 0.303 e. The van der Waals surface area contributed by atoms with Crippen molar-refractivity contribution in [3.8, 4) is 0 Å². The van der Waals surface area contributed by atoms with Crippen LogP contribution in [-0.2, 0) is 12.0 Å². The van der Waals surface area contributed by atoms with E-state index in [1.165, 1.54) is 67.3 Å². The molecule has 33 heavy (non-hydrogen) atoms. The van der Waals surface area contributed by atoms with Crippen molar-refractivity contribution in [1.29, 1.82) is 0 Å². The number of rotatable bonds is 5. The van der Waals surface area contributed by atoms with Gasteiger partial charge in [0.15, 0.2) is 0 Å². The summed E-state index contributed by atoms with van der Waals surface area (Å²) in [6, 6.07) is 31.4. The lowest BCUT2D eigenvalue weighted by Gasteiger charge is -2.41. The minimum absolute atomic E-state index is 0.422. The fourth-order valence-corrected chi connectivity index (χ4v) is 7.92. The van der Waals surface area contributed by atoms with Gasteiger partial charge in [0.1, 0.15) is 0 Å². The zero-order valence-electron chi connectivity index (χ0n) is 19.4. The van der Waals surface area contributed by atoms with Crippen LogP contribution in [0.2, 0.25) is 0 Å². The standard InChI is InChI=1S/C30H34N2S/c1-3-9-24(10-4-1)19-32-21-26(27(22-32)25-11-5-2-6-12-25)20-31-17-15-30(16-18-31)23-33-29-14-8-7-13-28(29)30/h1-14,26-27H,15-23H2. The van der Waals surface area contributed by atoms with Crippen molar-refractivity contribution < 1.29 is 0 Å². The van der Waals surface area contributed by atoms with Gasteiger partial charge >= 0.3 is 0 Å². The summed E-state index contributed by atoms with van der Waals surface area (Å²) in [7, 11) is 0. The summed E-state index contributed by atoms with van der Waals surface area (Å²) in [5.41, 5.74) is 5.01. The first-order valence-corrected chi connectivity index (χ1v) is 13.5. The fourth-order valence-electron chi connectivity index (χ4n) is 6.43. The summed E-state index contributed by atoms with van der Waals surface area (Å²) in [4.78, 5) is 7.00. The Kier molecular flexibility index (Phi) is 6.04. The van der Waals surface area contributed by atoms with E-state index in [0.29, 0.717) is 17.3 Å². The Bertz CT molecular complexity index is 1060. The van der Waals surface area contributed by atoms with E-state index < -0.39 is 0 Å². The zero-order valence-corrected chi connectivity index (χ0v) is 20.2. The Balaban J connectivity index is 1.14. The number of likely N-dealkylation sites (tertiary alicyclic amines) is 2. The number of thioether (sulfide) groups is 1. The van der Waals surface area contributed by atoms with E-state index in [0.717, 1.165) is 6.54 Å². The Hall–Kier alpha value is -2.07. The van der Waals surface area contributed by atoms with Crippen molar-refractivity contribution in [2.45, 2.75) is 35.6 Å². The van der Waals surface area contributed by atoms with Crippen LogP contribution in [-0.4, -0.2) is 48.3 Å². The number of nitrogens with zero attached hydrogens (tertiary/aromatic N) is 2. The van der Waals surface area contributed by atoms with Crippen molar-refractivity contribution in [2.75, 3.05) is 38.5 Å². The van der Waals surface area contributed by atoms with Crippen LogP contribution in [0.5, 0.6) is 0 Å². The lowest BCUT2D eigenvalue weighted by Crippen LogP contribution is -2.45. The van der Waals surface area contributed by atoms with Crippen LogP contribution in [0.15, 0.2) is 89.8 Å². The maximum atomic E-state index is 2.78. The molecule has 3 aromatic carbocycles. The number of piperidine rings is 1. The molecule has 2 nitrogen and oxygen atoms in total. The van der Waals surface area contributed by atoms with E-state index >= 15 is 0 Å². The number of benzene rings is 3. The molecule has 6 rings (SSSR count). The van der Waals surface area contributed by atoms with Crippen molar-refractivity contribution in [3.63, 3.8) is 0 Å². The fraction of sp³-hybridized carbons (Fsp3) is 0.400. The molecule has 2 unspecified atom stereocenters. The molecule has 0 N–H and O–H groups in total. The zero-order chi connectivity index (χ0) is 22.1. The Morgan fingerprint density at radius 2 is 1.45 bits per heavy atom. The number of hydrogen-bond donors (Lipinski definition) is 0. The SMILES string of the molecule is c1ccc(CN2CC(CN3CCC4(CC3)CSc3ccccc34)C(c3ccccc3)C2)cc1. The summed E-state index contributed by atoms with van der Waals surface area (Å²) in [6.07, 6.45) is 2.63. The summed E-state index contributed by atoms with van der Waals surface area (Å²) in [5.74, 6) is 2.62. The van der Waals surface area contributed by atoms with E-state index in [1.54, 1.807) is 5.56 Å². The second-order valence-corrected chi connectivity index (χ2v) is 11.3. The molecule has 0 saturated carbocycles. The van der Waals surface area contributed by atoms with Gasteiger partial charge in [0.05, 0.1) is 0 Å². The average Bonchev–Trinajstić information content (AvgIpc) is 3.43. The number of hydrogen-bond acceptors (Lipinski definition) is 3. The Morgan fingerprint density at radius 1 is 0.758 bits per heavy atom. The van der Waals surface area contributed by atoms with Gasteiger partial charge in [-0.2, -0.15) is 0 Å². The van der Waals surface area contributed by atoms with E-state index in [2.05, 4.69) is 106 Å². The molecule has 3 heteroatoms. The number of fused-ring (bicyclic) bond motifs is 2. The van der Waals surface area contributed by atoms with Crippen molar-refractivity contribution >= 4 is 11.8 Å². The summed E-state index contributed by atoms with van der Waals surface area (Å²) in [6.45, 7) is 7.16. The maximum absolute atomic E-state index is 2.78. The minimum Gasteiger partial charge on any atom is -0.303 e. The van der Waals surface area contributed by atoms with Gasteiger partial charge in [0.2, 0.25) is 0 Å². The molecule has 2 atom stereocenters. The molecule has 0 radical (unpaired) electrons. The van der Waals surface area contributed by atoms with Gasteiger partial charge in [-0.15, -0.1) is 11.8 Å². The van der Waals surface area contributed by atoms with Crippen LogP contribution >= 0.6 is 11.8 Å². The average molecular weight is 455 g/mol. The Morgan fingerprint density at radius 3 is 2.24 bits per heavy atom. The quantitative estimate of drug-likeness (QED) is 0.464. The van der Waals surface area contributed by atoms with Crippen LogP contribution < -0.4 is 0 Å². The highest BCUT2D eigenvalue weighted by atomic mass is 32.2. The normalized spacial score (nSPS) is 24.8. The van der Waals surface area contributed by atoms with Crippen molar-refractivity contribution in [3.05, 3.63) is 102 Å². The highest BCUT2D eigenvalue weighted by molar-refractivity contribution is 7.99. The van der Waals surface area contributed by atoms with Gasteiger partial charge in [-0.25, -0.2) is 0 Å². The first kappa shape index (κ1) is 21.5. The van der Waals surface area contributed by atoms with Crippen LogP contribution in [0.3, 0.4) is 0 Å². The monoisotopic (exact) mass is 454 g/mol. The molecule has 0 bridgehead atoms. The van der Waals surface area contributed by atoms with Crippen molar-refractivity contribution in [1.82, 2.24) is 9.80 Å². The molecule has 0 amide bonds. The third-order valence-electron chi connectivity index (χ3n) is 8.26. The Labute approximate surface area is 203 Å². The molecule has 170 valence electrons. The van der Waals surface area contributed by atoms with Gasteiger partial charge in [0, 0.05) is 48.2 Å². The lowest BCUT2D eigenvalue weighted by molar-refractivity contribution is 0.146. The maximum Gasteiger partial charge on any atom is 0.0234 e. The van der Waals surface area contributed by atoms with Crippen LogP contribution in [0.4, 0.5) is 0 Å². The van der Waals surface area contributed by atoms with E-state index in [-0.39, 0.29) is 0 Å². The molecule has 0 aliphatic carbocycles. The minimum atomic E-state index is 0.422. The van der Waals surface area contributed by atoms with Crippen LogP contribution in [0.1, 0.15) is 35.4 Å².